The van der Waals surface area contributed by atoms with Gasteiger partial charge < -0.3 is 0 Å². The lowest BCUT2D eigenvalue weighted by atomic mass is 9.99. The summed E-state index contributed by atoms with van der Waals surface area (Å²) < 4.78 is 0. The molecule has 19 heavy (non-hydrogen) atoms. The Morgan fingerprint density at radius 1 is 1.00 bits per heavy atom. The van der Waals surface area contributed by atoms with Gasteiger partial charge >= 0.3 is 0 Å². The van der Waals surface area contributed by atoms with E-state index in [-0.39, 0.29) is 5.92 Å². The lowest BCUT2D eigenvalue weighted by Gasteiger charge is -2.09. The van der Waals surface area contributed by atoms with Crippen LogP contribution >= 0.6 is 23.2 Å². The maximum Gasteiger partial charge on any atom is 0.0444 e. The zero-order chi connectivity index (χ0) is 13.8. The van der Waals surface area contributed by atoms with Gasteiger partial charge in [0, 0.05) is 16.0 Å². The Labute approximate surface area is 124 Å². The molecular formula is C17H16Cl2. The molecule has 0 aliphatic heterocycles. The molecular weight excluding hydrogens is 275 g/mol. The monoisotopic (exact) mass is 290 g/mol. The van der Waals surface area contributed by atoms with Crippen molar-refractivity contribution >= 4 is 28.2 Å². The van der Waals surface area contributed by atoms with Gasteiger partial charge in [0.1, 0.15) is 0 Å². The second kappa shape index (κ2) is 6.27. The van der Waals surface area contributed by atoms with Crippen LogP contribution in [0.2, 0.25) is 5.02 Å². The molecule has 0 aliphatic rings. The fourth-order valence-corrected chi connectivity index (χ4v) is 2.33. The Bertz CT molecular complexity index is 565. The highest BCUT2D eigenvalue weighted by atomic mass is 35.5. The van der Waals surface area contributed by atoms with E-state index in [4.69, 9.17) is 23.2 Å². The topological polar surface area (TPSA) is 0 Å². The van der Waals surface area contributed by atoms with Crippen LogP contribution in [0, 0.1) is 6.92 Å². The Hall–Kier alpha value is -1.24. The molecule has 0 bridgehead atoms. The Morgan fingerprint density at radius 2 is 1.58 bits per heavy atom. The largest absolute Gasteiger partial charge is 0.0843 e. The first-order chi connectivity index (χ1) is 9.06. The number of allylic oxidation sites excluding steroid dienone is 1. The number of hydrogen-bond acceptors (Lipinski definition) is 0. The van der Waals surface area contributed by atoms with Gasteiger partial charge in [-0.15, -0.1) is 0 Å². The van der Waals surface area contributed by atoms with Crippen molar-refractivity contribution in [2.24, 2.45) is 0 Å². The average molecular weight is 291 g/mol. The van der Waals surface area contributed by atoms with Crippen LogP contribution in [0.25, 0.3) is 5.03 Å². The van der Waals surface area contributed by atoms with Gasteiger partial charge in [0.15, 0.2) is 0 Å². The fraction of sp³-hybridized carbons (Fsp3) is 0.176. The first-order valence-electron chi connectivity index (χ1n) is 6.26. The maximum absolute atomic E-state index is 6.35. The maximum atomic E-state index is 6.35. The SMILES string of the molecule is Cc1ccc(C(C)/C=C(/Cl)c2ccc(Cl)cc2)cc1. The molecule has 0 radical (unpaired) electrons. The van der Waals surface area contributed by atoms with E-state index < -0.39 is 0 Å². The van der Waals surface area contributed by atoms with E-state index in [1.54, 1.807) is 0 Å². The Balaban J connectivity index is 2.20. The van der Waals surface area contributed by atoms with Crippen molar-refractivity contribution in [3.63, 3.8) is 0 Å². The Morgan fingerprint density at radius 3 is 2.16 bits per heavy atom. The number of hydrogen-bond donors (Lipinski definition) is 0. The molecule has 0 saturated heterocycles. The predicted octanol–water partition coefficient (Wildman–Crippen LogP) is 6.03. The lowest BCUT2D eigenvalue weighted by Crippen LogP contribution is -1.90. The van der Waals surface area contributed by atoms with Gasteiger partial charge in [-0.1, -0.05) is 78.2 Å². The van der Waals surface area contributed by atoms with Crippen LogP contribution in [-0.2, 0) is 0 Å². The molecule has 0 aliphatic carbocycles. The highest BCUT2D eigenvalue weighted by Gasteiger charge is 2.05. The summed E-state index contributed by atoms with van der Waals surface area (Å²) in [5, 5.41) is 1.48. The molecule has 0 fully saturated rings. The van der Waals surface area contributed by atoms with Crippen LogP contribution in [0.1, 0.15) is 29.5 Å². The third kappa shape index (κ3) is 3.86. The molecule has 0 aromatic heterocycles. The number of benzene rings is 2. The summed E-state index contributed by atoms with van der Waals surface area (Å²) in [4.78, 5) is 0. The molecule has 2 heteroatoms. The minimum absolute atomic E-state index is 0.281. The molecule has 0 amide bonds. The van der Waals surface area contributed by atoms with Crippen LogP contribution in [0.15, 0.2) is 54.6 Å². The zero-order valence-corrected chi connectivity index (χ0v) is 12.5. The van der Waals surface area contributed by atoms with E-state index in [0.29, 0.717) is 0 Å². The summed E-state index contributed by atoms with van der Waals surface area (Å²) in [7, 11) is 0. The molecule has 0 saturated carbocycles. The van der Waals surface area contributed by atoms with Crippen molar-refractivity contribution in [2.45, 2.75) is 19.8 Å². The van der Waals surface area contributed by atoms with E-state index >= 15 is 0 Å². The van der Waals surface area contributed by atoms with Gasteiger partial charge in [-0.25, -0.2) is 0 Å². The van der Waals surface area contributed by atoms with Gasteiger partial charge in [-0.2, -0.15) is 0 Å². The smallest absolute Gasteiger partial charge is 0.0444 e. The van der Waals surface area contributed by atoms with Crippen molar-refractivity contribution in [3.05, 3.63) is 76.3 Å². The second-order valence-electron chi connectivity index (χ2n) is 4.72. The van der Waals surface area contributed by atoms with Crippen molar-refractivity contribution in [3.8, 4) is 0 Å². The van der Waals surface area contributed by atoms with E-state index in [1.165, 1.54) is 11.1 Å². The summed E-state index contributed by atoms with van der Waals surface area (Å²) in [5.41, 5.74) is 3.52. The van der Waals surface area contributed by atoms with Crippen molar-refractivity contribution < 1.29 is 0 Å². The molecule has 1 unspecified atom stereocenters. The highest BCUT2D eigenvalue weighted by molar-refractivity contribution is 6.48. The lowest BCUT2D eigenvalue weighted by molar-refractivity contribution is 0.970. The first-order valence-corrected chi connectivity index (χ1v) is 7.01. The number of halogens is 2. The van der Waals surface area contributed by atoms with Gasteiger partial charge in [0.2, 0.25) is 0 Å². The van der Waals surface area contributed by atoms with Crippen molar-refractivity contribution in [1.29, 1.82) is 0 Å². The third-order valence-corrected chi connectivity index (χ3v) is 3.72. The zero-order valence-electron chi connectivity index (χ0n) is 11.0. The molecule has 0 heterocycles. The highest BCUT2D eigenvalue weighted by Crippen LogP contribution is 2.26. The first kappa shape index (κ1) is 14.2. The standard InChI is InChI=1S/C17H16Cl2/c1-12-3-5-14(6-4-12)13(2)11-17(19)15-7-9-16(18)10-8-15/h3-11,13H,1-2H3/b17-11+. The normalized spacial score (nSPS) is 13.4. The number of rotatable bonds is 3. The number of aryl methyl sites for hydroxylation is 1. The van der Waals surface area contributed by atoms with E-state index in [2.05, 4.69) is 44.2 Å². The quantitative estimate of drug-likeness (QED) is 0.647. The van der Waals surface area contributed by atoms with E-state index in [1.807, 2.05) is 24.3 Å². The van der Waals surface area contributed by atoms with E-state index in [9.17, 15) is 0 Å². The summed E-state index contributed by atoms with van der Waals surface area (Å²) in [6, 6.07) is 16.1. The summed E-state index contributed by atoms with van der Waals surface area (Å²) in [6.07, 6.45) is 2.06. The minimum atomic E-state index is 0.281. The fourth-order valence-electron chi connectivity index (χ4n) is 1.89. The summed E-state index contributed by atoms with van der Waals surface area (Å²) in [5.74, 6) is 0.281. The van der Waals surface area contributed by atoms with Crippen molar-refractivity contribution in [1.82, 2.24) is 0 Å². The molecule has 0 N–H and O–H groups in total. The van der Waals surface area contributed by atoms with E-state index in [0.717, 1.165) is 15.6 Å². The van der Waals surface area contributed by atoms with Crippen LogP contribution in [0.3, 0.4) is 0 Å². The molecule has 0 nitrogen and oxygen atoms in total. The van der Waals surface area contributed by atoms with Gasteiger partial charge in [-0.05, 0) is 30.2 Å². The second-order valence-corrected chi connectivity index (χ2v) is 5.56. The predicted molar refractivity (Wildman–Crippen MR) is 84.9 cm³/mol. The van der Waals surface area contributed by atoms with Crippen molar-refractivity contribution in [2.75, 3.05) is 0 Å². The molecule has 1 atom stereocenters. The molecule has 0 spiro atoms. The van der Waals surface area contributed by atoms with Gasteiger partial charge in [-0.3, -0.25) is 0 Å². The molecule has 2 rings (SSSR count). The summed E-state index contributed by atoms with van der Waals surface area (Å²) in [6.45, 7) is 4.23. The molecule has 98 valence electrons. The van der Waals surface area contributed by atoms with Gasteiger partial charge in [0.25, 0.3) is 0 Å². The van der Waals surface area contributed by atoms with Crippen LogP contribution in [0.4, 0.5) is 0 Å². The summed E-state index contributed by atoms with van der Waals surface area (Å²) >= 11 is 12.2. The molecule has 2 aromatic rings. The Kier molecular flexibility index (Phi) is 4.68. The molecule has 2 aromatic carbocycles. The average Bonchev–Trinajstić information content (AvgIpc) is 2.40. The van der Waals surface area contributed by atoms with Crippen LogP contribution in [-0.4, -0.2) is 0 Å². The van der Waals surface area contributed by atoms with Crippen LogP contribution in [0.5, 0.6) is 0 Å². The third-order valence-electron chi connectivity index (χ3n) is 3.12. The van der Waals surface area contributed by atoms with Crippen LogP contribution < -0.4 is 0 Å². The minimum Gasteiger partial charge on any atom is -0.0843 e. The van der Waals surface area contributed by atoms with Gasteiger partial charge in [0.05, 0.1) is 0 Å².